The summed E-state index contributed by atoms with van der Waals surface area (Å²) in [4.78, 5) is 37.2. The fourth-order valence-electron chi connectivity index (χ4n) is 2.27. The number of hydrogen-bond donors (Lipinski definition) is 2. The minimum Gasteiger partial charge on any atom is -0.507 e. The van der Waals surface area contributed by atoms with Gasteiger partial charge >= 0.3 is 6.03 Å². The Morgan fingerprint density at radius 2 is 2.00 bits per heavy atom. The van der Waals surface area contributed by atoms with Crippen LogP contribution in [0, 0.1) is 0 Å². The maximum Gasteiger partial charge on any atom is 0.331 e. The van der Waals surface area contributed by atoms with E-state index in [4.69, 9.17) is 4.74 Å². The van der Waals surface area contributed by atoms with Crippen LogP contribution in [0.4, 0.5) is 4.79 Å². The highest BCUT2D eigenvalue weighted by Gasteiger charge is 2.35. The number of rotatable bonds is 6. The number of imide groups is 2. The van der Waals surface area contributed by atoms with Gasteiger partial charge in [0.15, 0.2) is 0 Å². The molecule has 1 aromatic carbocycles. The molecule has 1 heterocycles. The van der Waals surface area contributed by atoms with Crippen molar-refractivity contribution >= 4 is 23.9 Å². The zero-order valence-corrected chi connectivity index (χ0v) is 13.7. The molecule has 2 N–H and O–H groups in total. The second kappa shape index (κ2) is 7.63. The number of phenolic OH excluding ortho intramolecular Hbond substituents is 1. The first-order valence-corrected chi connectivity index (χ1v) is 7.82. The zero-order chi connectivity index (χ0) is 17.7. The molecule has 0 aliphatic carbocycles. The van der Waals surface area contributed by atoms with Gasteiger partial charge in [-0.1, -0.05) is 13.3 Å². The van der Waals surface area contributed by atoms with Crippen molar-refractivity contribution in [1.29, 1.82) is 0 Å². The van der Waals surface area contributed by atoms with Crippen molar-refractivity contribution < 1.29 is 24.2 Å². The average Bonchev–Trinajstić information content (AvgIpc) is 2.53. The summed E-state index contributed by atoms with van der Waals surface area (Å²) in [5.41, 5.74) is 0.104. The van der Waals surface area contributed by atoms with Crippen LogP contribution in [0.25, 0.3) is 6.08 Å². The lowest BCUT2D eigenvalue weighted by molar-refractivity contribution is -0.130. The van der Waals surface area contributed by atoms with Crippen LogP contribution in [0.1, 0.15) is 32.3 Å². The van der Waals surface area contributed by atoms with E-state index in [0.29, 0.717) is 24.3 Å². The molecule has 0 radical (unpaired) electrons. The minimum absolute atomic E-state index is 0.119. The van der Waals surface area contributed by atoms with E-state index < -0.39 is 17.8 Å². The number of carbonyl (C=O) groups excluding carboxylic acids is 3. The number of amides is 4. The van der Waals surface area contributed by atoms with Gasteiger partial charge in [-0.05, 0) is 31.6 Å². The standard InChI is InChI=1S/C17H20N2O5/c1-3-5-8-19-16(22)13(15(21)18-17(19)23)9-11-6-7-12(24-4-2)10-14(11)20/h6-7,9-10,20H,3-5,8H2,1-2H3,(H,18,21,23)/b13-9+. The van der Waals surface area contributed by atoms with Gasteiger partial charge in [0.25, 0.3) is 11.8 Å². The number of barbiturate groups is 1. The monoisotopic (exact) mass is 332 g/mol. The lowest BCUT2D eigenvalue weighted by Gasteiger charge is -2.26. The van der Waals surface area contributed by atoms with Gasteiger partial charge in [0.05, 0.1) is 6.61 Å². The second-order valence-electron chi connectivity index (χ2n) is 5.28. The number of nitrogens with one attached hydrogen (secondary N) is 1. The number of benzene rings is 1. The molecule has 1 fully saturated rings. The lowest BCUT2D eigenvalue weighted by Crippen LogP contribution is -2.54. The van der Waals surface area contributed by atoms with Gasteiger partial charge in [-0.15, -0.1) is 0 Å². The predicted octanol–water partition coefficient (Wildman–Crippen LogP) is 2.05. The van der Waals surface area contributed by atoms with Gasteiger partial charge in [0.1, 0.15) is 17.1 Å². The topological polar surface area (TPSA) is 95.9 Å². The number of urea groups is 1. The number of nitrogens with zero attached hydrogens (tertiary/aromatic N) is 1. The van der Waals surface area contributed by atoms with Gasteiger partial charge in [-0.25, -0.2) is 4.79 Å². The number of ether oxygens (including phenoxy) is 1. The molecule has 0 unspecified atom stereocenters. The molecule has 0 atom stereocenters. The number of phenols is 1. The summed E-state index contributed by atoms with van der Waals surface area (Å²) in [5, 5.41) is 12.2. The van der Waals surface area contributed by atoms with E-state index in [1.165, 1.54) is 12.1 Å². The van der Waals surface area contributed by atoms with Crippen molar-refractivity contribution in [2.24, 2.45) is 0 Å². The quantitative estimate of drug-likeness (QED) is 0.614. The molecular formula is C17H20N2O5. The molecule has 0 saturated carbocycles. The molecule has 2 rings (SSSR count). The third-order valence-electron chi connectivity index (χ3n) is 3.53. The number of hydrogen-bond acceptors (Lipinski definition) is 5. The van der Waals surface area contributed by atoms with Crippen LogP contribution < -0.4 is 10.1 Å². The fraction of sp³-hybridized carbons (Fsp3) is 0.353. The van der Waals surface area contributed by atoms with Gasteiger partial charge in [0.2, 0.25) is 0 Å². The summed E-state index contributed by atoms with van der Waals surface area (Å²) in [6.07, 6.45) is 2.73. The van der Waals surface area contributed by atoms with E-state index in [2.05, 4.69) is 5.32 Å². The molecule has 1 aliphatic heterocycles. The molecule has 1 saturated heterocycles. The number of unbranched alkanes of at least 4 members (excludes halogenated alkanes) is 1. The van der Waals surface area contributed by atoms with Crippen molar-refractivity contribution in [2.75, 3.05) is 13.2 Å². The van der Waals surface area contributed by atoms with Gasteiger partial charge in [0, 0.05) is 18.2 Å². The molecule has 1 aromatic rings. The Labute approximate surface area is 139 Å². The van der Waals surface area contributed by atoms with Crippen LogP contribution in [-0.4, -0.2) is 41.0 Å². The average molecular weight is 332 g/mol. The van der Waals surface area contributed by atoms with E-state index in [1.54, 1.807) is 12.1 Å². The molecule has 0 bridgehead atoms. The van der Waals surface area contributed by atoms with E-state index in [1.807, 2.05) is 13.8 Å². The Morgan fingerprint density at radius 3 is 2.62 bits per heavy atom. The Bertz CT molecular complexity index is 696. The first-order chi connectivity index (χ1) is 11.5. The maximum absolute atomic E-state index is 12.4. The summed E-state index contributed by atoms with van der Waals surface area (Å²) in [7, 11) is 0. The summed E-state index contributed by atoms with van der Waals surface area (Å²) in [6.45, 7) is 4.45. The molecule has 1 aliphatic rings. The Hall–Kier alpha value is -2.83. The molecule has 128 valence electrons. The van der Waals surface area contributed by atoms with Crippen LogP contribution in [0.15, 0.2) is 23.8 Å². The van der Waals surface area contributed by atoms with Crippen LogP contribution in [0.3, 0.4) is 0 Å². The summed E-state index contributed by atoms with van der Waals surface area (Å²) >= 11 is 0. The second-order valence-corrected chi connectivity index (χ2v) is 5.28. The zero-order valence-electron chi connectivity index (χ0n) is 13.7. The van der Waals surface area contributed by atoms with Crippen LogP contribution in [0.2, 0.25) is 0 Å². The van der Waals surface area contributed by atoms with Gasteiger partial charge in [-0.3, -0.25) is 19.8 Å². The van der Waals surface area contributed by atoms with Crippen molar-refractivity contribution in [1.82, 2.24) is 10.2 Å². The third kappa shape index (κ3) is 3.73. The summed E-state index contributed by atoms with van der Waals surface area (Å²) in [6, 6.07) is 3.86. The molecule has 4 amide bonds. The van der Waals surface area contributed by atoms with E-state index >= 15 is 0 Å². The van der Waals surface area contributed by atoms with Crippen molar-refractivity contribution in [3.63, 3.8) is 0 Å². The van der Waals surface area contributed by atoms with E-state index in [9.17, 15) is 19.5 Å². The fourth-order valence-corrected chi connectivity index (χ4v) is 2.27. The smallest absolute Gasteiger partial charge is 0.331 e. The van der Waals surface area contributed by atoms with Crippen LogP contribution in [0.5, 0.6) is 11.5 Å². The molecular weight excluding hydrogens is 312 g/mol. The molecule has 7 heteroatoms. The van der Waals surface area contributed by atoms with Gasteiger partial charge < -0.3 is 9.84 Å². The molecule has 24 heavy (non-hydrogen) atoms. The van der Waals surface area contributed by atoms with E-state index in [0.717, 1.165) is 11.3 Å². The molecule has 7 nitrogen and oxygen atoms in total. The largest absolute Gasteiger partial charge is 0.507 e. The highest BCUT2D eigenvalue weighted by molar-refractivity contribution is 6.31. The summed E-state index contributed by atoms with van der Waals surface area (Å²) < 4.78 is 5.27. The van der Waals surface area contributed by atoms with Crippen molar-refractivity contribution in [2.45, 2.75) is 26.7 Å². The Balaban J connectivity index is 2.31. The van der Waals surface area contributed by atoms with Crippen LogP contribution in [-0.2, 0) is 9.59 Å². The minimum atomic E-state index is -0.772. The SMILES string of the molecule is CCCCN1C(=O)NC(=O)/C(=C\c2ccc(OCC)cc2O)C1=O. The van der Waals surface area contributed by atoms with Crippen molar-refractivity contribution in [3.05, 3.63) is 29.3 Å². The highest BCUT2D eigenvalue weighted by Crippen LogP contribution is 2.26. The number of carbonyl (C=O) groups is 3. The summed E-state index contributed by atoms with van der Waals surface area (Å²) in [5.74, 6) is -1.07. The predicted molar refractivity (Wildman–Crippen MR) is 87.4 cm³/mol. The third-order valence-corrected chi connectivity index (χ3v) is 3.53. The lowest BCUT2D eigenvalue weighted by atomic mass is 10.1. The van der Waals surface area contributed by atoms with Crippen molar-refractivity contribution in [3.8, 4) is 11.5 Å². The molecule has 0 aromatic heterocycles. The molecule has 0 spiro atoms. The Morgan fingerprint density at radius 1 is 1.25 bits per heavy atom. The van der Waals surface area contributed by atoms with E-state index in [-0.39, 0.29) is 17.9 Å². The first-order valence-electron chi connectivity index (χ1n) is 7.82. The highest BCUT2D eigenvalue weighted by atomic mass is 16.5. The first kappa shape index (κ1) is 17.5. The van der Waals surface area contributed by atoms with Gasteiger partial charge in [-0.2, -0.15) is 0 Å². The number of aromatic hydroxyl groups is 1. The Kier molecular flexibility index (Phi) is 5.57. The maximum atomic E-state index is 12.4. The van der Waals surface area contributed by atoms with Crippen LogP contribution >= 0.6 is 0 Å². The normalized spacial score (nSPS) is 16.5.